The number of hydrogen-bond donors (Lipinski definition) is 1. The van der Waals surface area contributed by atoms with Crippen LogP contribution in [0.15, 0.2) is 0 Å². The van der Waals surface area contributed by atoms with Crippen LogP contribution in [0.2, 0.25) is 0 Å². The monoisotopic (exact) mass is 409 g/mol. The lowest BCUT2D eigenvalue weighted by Gasteiger charge is -2.33. The van der Waals surface area contributed by atoms with E-state index in [1.54, 1.807) is 0 Å². The average Bonchev–Trinajstić information content (AvgIpc) is 2.84. The van der Waals surface area contributed by atoms with Crippen molar-refractivity contribution < 1.29 is 52.7 Å². The molecule has 0 atom stereocenters. The minimum Gasteiger partial charge on any atom is -0.273 e. The molecule has 1 rings (SSSR count). The summed E-state index contributed by atoms with van der Waals surface area (Å²) in [6.45, 7) is 1.12. The highest BCUT2D eigenvalue weighted by atomic mass is 32.2. The second kappa shape index (κ2) is 5.91. The molecule has 0 bridgehead atoms. The van der Waals surface area contributed by atoms with Crippen molar-refractivity contribution in [2.24, 2.45) is 5.41 Å². The van der Waals surface area contributed by atoms with Gasteiger partial charge in [-0.1, -0.05) is 19.8 Å². The van der Waals surface area contributed by atoms with Crippen LogP contribution in [0.5, 0.6) is 0 Å². The molecule has 0 spiro atoms. The van der Waals surface area contributed by atoms with E-state index in [4.69, 9.17) is 0 Å². The summed E-state index contributed by atoms with van der Waals surface area (Å²) in [5.74, 6) is -16.4. The summed E-state index contributed by atoms with van der Waals surface area (Å²) in [6, 6.07) is 0. The Labute approximate surface area is 135 Å². The summed E-state index contributed by atoms with van der Waals surface area (Å²) >= 11 is 0. The number of nitrogens with one attached hydrogen (secondary N) is 1. The van der Waals surface area contributed by atoms with Crippen molar-refractivity contribution in [1.82, 2.24) is 4.72 Å². The standard InChI is InChI=1S/C11H12F9NO3S/c1-7(4-2-3-5-7)6(22)21-25(23,24)11(19,20)9(14,15)8(12,13)10(16,17)18/h2-5H2,1H3,(H,21,22). The summed E-state index contributed by atoms with van der Waals surface area (Å²) in [5.41, 5.74) is -1.55. The van der Waals surface area contributed by atoms with Crippen LogP contribution in [0.3, 0.4) is 0 Å². The van der Waals surface area contributed by atoms with Crippen molar-refractivity contribution >= 4 is 15.9 Å². The highest BCUT2D eigenvalue weighted by Gasteiger charge is 2.85. The summed E-state index contributed by atoms with van der Waals surface area (Å²) in [4.78, 5) is 11.7. The molecule has 1 N–H and O–H groups in total. The van der Waals surface area contributed by atoms with Gasteiger partial charge in [-0.15, -0.1) is 0 Å². The van der Waals surface area contributed by atoms with E-state index in [0.717, 1.165) is 6.92 Å². The Hall–Kier alpha value is -1.21. The predicted octanol–water partition coefficient (Wildman–Crippen LogP) is 3.44. The van der Waals surface area contributed by atoms with Crippen LogP contribution in [0.1, 0.15) is 32.6 Å². The van der Waals surface area contributed by atoms with E-state index in [1.165, 1.54) is 0 Å². The number of carbonyl (C=O) groups is 1. The van der Waals surface area contributed by atoms with Crippen molar-refractivity contribution in [3.63, 3.8) is 0 Å². The van der Waals surface area contributed by atoms with Gasteiger partial charge in [0.2, 0.25) is 5.91 Å². The Morgan fingerprint density at radius 3 is 1.64 bits per heavy atom. The molecular formula is C11H12F9NO3S. The Bertz CT molecular complexity index is 636. The van der Waals surface area contributed by atoms with Crippen molar-refractivity contribution in [1.29, 1.82) is 0 Å². The smallest absolute Gasteiger partial charge is 0.273 e. The summed E-state index contributed by atoms with van der Waals surface area (Å²) < 4.78 is 138. The maximum Gasteiger partial charge on any atom is 0.460 e. The topological polar surface area (TPSA) is 63.2 Å². The van der Waals surface area contributed by atoms with Gasteiger partial charge in [-0.3, -0.25) is 4.79 Å². The van der Waals surface area contributed by atoms with Crippen LogP contribution in [0, 0.1) is 5.41 Å². The maximum atomic E-state index is 13.4. The number of carbonyl (C=O) groups excluding carboxylic acids is 1. The van der Waals surface area contributed by atoms with Crippen LogP contribution >= 0.6 is 0 Å². The third-order valence-electron chi connectivity index (χ3n) is 3.94. The Morgan fingerprint density at radius 1 is 0.880 bits per heavy atom. The zero-order valence-corrected chi connectivity index (χ0v) is 13.2. The molecule has 1 amide bonds. The summed E-state index contributed by atoms with van der Waals surface area (Å²) in [6.07, 6.45) is -6.41. The van der Waals surface area contributed by atoms with Gasteiger partial charge in [0.05, 0.1) is 0 Å². The molecule has 148 valence electrons. The molecule has 0 aromatic carbocycles. The fourth-order valence-electron chi connectivity index (χ4n) is 2.22. The minimum atomic E-state index is -7.36. The lowest BCUT2D eigenvalue weighted by atomic mass is 9.88. The third kappa shape index (κ3) is 3.28. The predicted molar refractivity (Wildman–Crippen MR) is 64.5 cm³/mol. The highest BCUT2D eigenvalue weighted by molar-refractivity contribution is 7.91. The molecule has 14 heteroatoms. The van der Waals surface area contributed by atoms with Crippen molar-refractivity contribution in [2.45, 2.75) is 55.9 Å². The third-order valence-corrected chi connectivity index (χ3v) is 5.32. The molecule has 0 radical (unpaired) electrons. The number of amides is 1. The molecule has 0 aliphatic heterocycles. The van der Waals surface area contributed by atoms with Crippen molar-refractivity contribution in [3.05, 3.63) is 0 Å². The van der Waals surface area contributed by atoms with Gasteiger partial charge < -0.3 is 0 Å². The van der Waals surface area contributed by atoms with Gasteiger partial charge in [0, 0.05) is 5.41 Å². The van der Waals surface area contributed by atoms with Crippen LogP contribution in [0.25, 0.3) is 0 Å². The summed E-state index contributed by atoms with van der Waals surface area (Å²) in [7, 11) is -6.90. The van der Waals surface area contributed by atoms with Crippen molar-refractivity contribution in [3.8, 4) is 0 Å². The number of hydrogen-bond acceptors (Lipinski definition) is 3. The SMILES string of the molecule is CC1(C(=O)NS(=O)(=O)C(F)(F)C(F)(F)C(F)(F)C(F)(F)F)CCCC1. The molecule has 0 unspecified atom stereocenters. The van der Waals surface area contributed by atoms with E-state index in [-0.39, 0.29) is 12.8 Å². The molecular weight excluding hydrogens is 397 g/mol. The van der Waals surface area contributed by atoms with Gasteiger partial charge in [-0.2, -0.15) is 47.9 Å². The first-order valence-corrected chi connectivity index (χ1v) is 8.09. The normalized spacial score (nSPS) is 19.8. The van der Waals surface area contributed by atoms with Crippen LogP contribution in [-0.2, 0) is 14.8 Å². The number of rotatable bonds is 5. The van der Waals surface area contributed by atoms with Gasteiger partial charge in [0.1, 0.15) is 0 Å². The largest absolute Gasteiger partial charge is 0.460 e. The van der Waals surface area contributed by atoms with E-state index in [2.05, 4.69) is 0 Å². The van der Waals surface area contributed by atoms with Crippen LogP contribution in [-0.4, -0.2) is 37.6 Å². The molecule has 1 saturated carbocycles. The van der Waals surface area contributed by atoms with E-state index < -0.39 is 44.6 Å². The molecule has 4 nitrogen and oxygen atoms in total. The number of sulfonamides is 1. The lowest BCUT2D eigenvalue weighted by molar-refractivity contribution is -0.382. The second-order valence-electron chi connectivity index (χ2n) is 5.87. The van der Waals surface area contributed by atoms with E-state index in [9.17, 15) is 52.7 Å². The first-order chi connectivity index (χ1) is 10.8. The van der Waals surface area contributed by atoms with Gasteiger partial charge in [0.15, 0.2) is 0 Å². The number of halogens is 9. The van der Waals surface area contributed by atoms with Crippen molar-refractivity contribution in [2.75, 3.05) is 0 Å². The van der Waals surface area contributed by atoms with Gasteiger partial charge in [0.25, 0.3) is 0 Å². The lowest BCUT2D eigenvalue weighted by Crippen LogP contribution is -2.65. The van der Waals surface area contributed by atoms with E-state index >= 15 is 0 Å². The maximum absolute atomic E-state index is 13.4. The van der Waals surface area contributed by atoms with Crippen LogP contribution in [0.4, 0.5) is 39.5 Å². The zero-order chi connectivity index (χ0) is 20.1. The first kappa shape index (κ1) is 21.8. The fraction of sp³-hybridized carbons (Fsp3) is 0.909. The van der Waals surface area contributed by atoms with Crippen LogP contribution < -0.4 is 4.72 Å². The fourth-order valence-corrected chi connectivity index (χ4v) is 3.31. The van der Waals surface area contributed by atoms with Gasteiger partial charge in [-0.05, 0) is 12.8 Å². The summed E-state index contributed by atoms with van der Waals surface area (Å²) in [5, 5.41) is -6.91. The Kier molecular flexibility index (Phi) is 5.16. The highest BCUT2D eigenvalue weighted by Crippen LogP contribution is 2.54. The Balaban J connectivity index is 3.24. The molecule has 25 heavy (non-hydrogen) atoms. The molecule has 0 aromatic heterocycles. The molecule has 0 saturated heterocycles. The molecule has 1 aliphatic rings. The van der Waals surface area contributed by atoms with Gasteiger partial charge in [-0.25, -0.2) is 4.72 Å². The second-order valence-corrected chi connectivity index (χ2v) is 7.59. The molecule has 1 aliphatic carbocycles. The Morgan fingerprint density at radius 2 is 1.28 bits per heavy atom. The van der Waals surface area contributed by atoms with E-state index in [1.807, 2.05) is 0 Å². The number of alkyl halides is 9. The average molecular weight is 409 g/mol. The quantitative estimate of drug-likeness (QED) is 0.708. The van der Waals surface area contributed by atoms with E-state index in [0.29, 0.717) is 17.6 Å². The van der Waals surface area contributed by atoms with Gasteiger partial charge >= 0.3 is 33.3 Å². The minimum absolute atomic E-state index is 0.00493. The first-order valence-electron chi connectivity index (χ1n) is 6.60. The zero-order valence-electron chi connectivity index (χ0n) is 12.4. The molecule has 0 heterocycles. The molecule has 1 fully saturated rings. The molecule has 0 aromatic rings.